The van der Waals surface area contributed by atoms with E-state index in [1.54, 1.807) is 14.2 Å². The van der Waals surface area contributed by atoms with Crippen molar-refractivity contribution in [2.24, 2.45) is 0 Å². The van der Waals surface area contributed by atoms with Gasteiger partial charge >= 0.3 is 0 Å². The molecule has 0 saturated heterocycles. The Hall–Kier alpha value is -2.36. The summed E-state index contributed by atoms with van der Waals surface area (Å²) >= 11 is 0. The number of hydrogen-bond donors (Lipinski definition) is 0. The van der Waals surface area contributed by atoms with Crippen molar-refractivity contribution < 1.29 is 18.9 Å². The van der Waals surface area contributed by atoms with Gasteiger partial charge in [-0.1, -0.05) is 0 Å². The number of ether oxygens (including phenoxy) is 4. The minimum absolute atomic E-state index is 0.392. The molecule has 2 aromatic carbocycles. The van der Waals surface area contributed by atoms with Crippen molar-refractivity contribution in [2.75, 3.05) is 14.2 Å². The molecule has 0 spiro atoms. The molecule has 0 radical (unpaired) electrons. The quantitative estimate of drug-likeness (QED) is 0.755. The van der Waals surface area contributed by atoms with Gasteiger partial charge in [0.15, 0.2) is 0 Å². The van der Waals surface area contributed by atoms with E-state index in [2.05, 4.69) is 0 Å². The van der Waals surface area contributed by atoms with Gasteiger partial charge in [0.2, 0.25) is 6.29 Å². The largest absolute Gasteiger partial charge is 0.497 e. The number of hydrogen-bond acceptors (Lipinski definition) is 4. The van der Waals surface area contributed by atoms with Crippen LogP contribution in [0.1, 0.15) is 6.92 Å². The number of benzene rings is 2. The van der Waals surface area contributed by atoms with Gasteiger partial charge in [0, 0.05) is 6.92 Å². The Morgan fingerprint density at radius 3 is 1.20 bits per heavy atom. The first kappa shape index (κ1) is 14.1. The smallest absolute Gasteiger partial charge is 0.238 e. The standard InChI is InChI=1S/C16H18O4/c1-12(19-15-8-4-13(17-2)5-9-15)20-16-10-6-14(18-3)7-11-16/h4-12H,1-3H3. The summed E-state index contributed by atoms with van der Waals surface area (Å²) in [4.78, 5) is 0. The Morgan fingerprint density at radius 1 is 0.600 bits per heavy atom. The zero-order chi connectivity index (χ0) is 14.4. The third-order valence-electron chi connectivity index (χ3n) is 2.72. The van der Waals surface area contributed by atoms with Crippen molar-refractivity contribution in [1.82, 2.24) is 0 Å². The molecule has 2 aromatic rings. The minimum Gasteiger partial charge on any atom is -0.497 e. The van der Waals surface area contributed by atoms with E-state index in [0.717, 1.165) is 23.0 Å². The molecule has 0 aliphatic heterocycles. The molecule has 0 N–H and O–H groups in total. The fourth-order valence-corrected chi connectivity index (χ4v) is 1.72. The fraction of sp³-hybridized carbons (Fsp3) is 0.250. The van der Waals surface area contributed by atoms with Crippen LogP contribution in [0.2, 0.25) is 0 Å². The summed E-state index contributed by atoms with van der Waals surface area (Å²) in [6, 6.07) is 14.7. The van der Waals surface area contributed by atoms with Crippen LogP contribution in [-0.2, 0) is 0 Å². The van der Waals surface area contributed by atoms with Crippen LogP contribution in [0.15, 0.2) is 48.5 Å². The highest BCUT2D eigenvalue weighted by Crippen LogP contribution is 2.21. The van der Waals surface area contributed by atoms with E-state index in [4.69, 9.17) is 18.9 Å². The molecule has 0 fully saturated rings. The fourth-order valence-electron chi connectivity index (χ4n) is 1.72. The molecule has 0 amide bonds. The van der Waals surface area contributed by atoms with Crippen LogP contribution in [0.4, 0.5) is 0 Å². The van der Waals surface area contributed by atoms with Crippen LogP contribution < -0.4 is 18.9 Å². The molecule has 20 heavy (non-hydrogen) atoms. The number of methoxy groups -OCH3 is 2. The molecule has 4 nitrogen and oxygen atoms in total. The van der Waals surface area contributed by atoms with Gasteiger partial charge in [-0.25, -0.2) is 0 Å². The van der Waals surface area contributed by atoms with Gasteiger partial charge in [0.1, 0.15) is 23.0 Å². The Morgan fingerprint density at radius 2 is 0.900 bits per heavy atom. The normalized spacial score (nSPS) is 10.2. The maximum absolute atomic E-state index is 5.67. The third kappa shape index (κ3) is 3.82. The predicted octanol–water partition coefficient (Wildman–Crippen LogP) is 3.51. The van der Waals surface area contributed by atoms with Crippen LogP contribution in [0, 0.1) is 0 Å². The zero-order valence-electron chi connectivity index (χ0n) is 11.8. The van der Waals surface area contributed by atoms with Crippen LogP contribution in [-0.4, -0.2) is 20.5 Å². The maximum Gasteiger partial charge on any atom is 0.238 e. The van der Waals surface area contributed by atoms with Crippen LogP contribution in [0.5, 0.6) is 23.0 Å². The summed E-state index contributed by atoms with van der Waals surface area (Å²) in [6.45, 7) is 1.84. The second-order valence-electron chi connectivity index (χ2n) is 4.15. The topological polar surface area (TPSA) is 36.9 Å². The molecule has 0 unspecified atom stereocenters. The van der Waals surface area contributed by atoms with Crippen molar-refractivity contribution >= 4 is 0 Å². The highest BCUT2D eigenvalue weighted by Gasteiger charge is 2.06. The Kier molecular flexibility index (Phi) is 4.71. The Bertz CT molecular complexity index is 470. The van der Waals surface area contributed by atoms with Crippen LogP contribution in [0.3, 0.4) is 0 Å². The Labute approximate surface area is 118 Å². The molecule has 4 heteroatoms. The van der Waals surface area contributed by atoms with Crippen molar-refractivity contribution in [3.05, 3.63) is 48.5 Å². The van der Waals surface area contributed by atoms with Gasteiger partial charge in [-0.05, 0) is 48.5 Å². The summed E-state index contributed by atoms with van der Waals surface area (Å²) in [6.07, 6.45) is -0.392. The van der Waals surface area contributed by atoms with E-state index in [1.807, 2.05) is 55.5 Å². The molecule has 0 aliphatic rings. The van der Waals surface area contributed by atoms with Gasteiger partial charge in [-0.2, -0.15) is 0 Å². The first-order chi connectivity index (χ1) is 9.71. The molecule has 0 heterocycles. The average molecular weight is 274 g/mol. The molecule has 0 saturated carbocycles. The third-order valence-corrected chi connectivity index (χ3v) is 2.72. The molecule has 2 rings (SSSR count). The monoisotopic (exact) mass is 274 g/mol. The highest BCUT2D eigenvalue weighted by molar-refractivity contribution is 5.32. The molecule has 0 aliphatic carbocycles. The predicted molar refractivity (Wildman–Crippen MR) is 76.7 cm³/mol. The molecule has 106 valence electrons. The molecular weight excluding hydrogens is 256 g/mol. The molecule has 0 atom stereocenters. The average Bonchev–Trinajstić information content (AvgIpc) is 2.49. The summed E-state index contributed by atoms with van der Waals surface area (Å²) in [7, 11) is 3.26. The van der Waals surface area contributed by atoms with Crippen LogP contribution in [0.25, 0.3) is 0 Å². The van der Waals surface area contributed by atoms with Crippen LogP contribution >= 0.6 is 0 Å². The van der Waals surface area contributed by atoms with E-state index >= 15 is 0 Å². The number of rotatable bonds is 6. The van der Waals surface area contributed by atoms with Gasteiger partial charge in [0.25, 0.3) is 0 Å². The second-order valence-corrected chi connectivity index (χ2v) is 4.15. The molecule has 0 aromatic heterocycles. The van der Waals surface area contributed by atoms with E-state index in [9.17, 15) is 0 Å². The van der Waals surface area contributed by atoms with Gasteiger partial charge in [-0.3, -0.25) is 0 Å². The lowest BCUT2D eigenvalue weighted by atomic mass is 10.3. The minimum atomic E-state index is -0.392. The van der Waals surface area contributed by atoms with E-state index in [-0.39, 0.29) is 0 Å². The first-order valence-corrected chi connectivity index (χ1v) is 6.32. The summed E-state index contributed by atoms with van der Waals surface area (Å²) in [5.74, 6) is 3.04. The second kappa shape index (κ2) is 6.70. The lowest BCUT2D eigenvalue weighted by molar-refractivity contribution is 0.0222. The summed E-state index contributed by atoms with van der Waals surface area (Å²) in [5, 5.41) is 0. The van der Waals surface area contributed by atoms with Crippen molar-refractivity contribution in [3.8, 4) is 23.0 Å². The van der Waals surface area contributed by atoms with Crippen molar-refractivity contribution in [2.45, 2.75) is 13.2 Å². The molecular formula is C16H18O4. The van der Waals surface area contributed by atoms with Gasteiger partial charge in [-0.15, -0.1) is 0 Å². The summed E-state index contributed by atoms with van der Waals surface area (Å²) < 4.78 is 21.5. The van der Waals surface area contributed by atoms with Gasteiger partial charge < -0.3 is 18.9 Å². The summed E-state index contributed by atoms with van der Waals surface area (Å²) in [5.41, 5.74) is 0. The highest BCUT2D eigenvalue weighted by atomic mass is 16.7. The lowest BCUT2D eigenvalue weighted by Gasteiger charge is -2.17. The SMILES string of the molecule is COc1ccc(OC(C)Oc2ccc(OC)cc2)cc1. The zero-order valence-corrected chi connectivity index (χ0v) is 11.8. The lowest BCUT2D eigenvalue weighted by Crippen LogP contribution is -2.19. The molecule has 0 bridgehead atoms. The maximum atomic E-state index is 5.67. The van der Waals surface area contributed by atoms with Crippen molar-refractivity contribution in [1.29, 1.82) is 0 Å². The van der Waals surface area contributed by atoms with E-state index in [1.165, 1.54) is 0 Å². The van der Waals surface area contributed by atoms with Gasteiger partial charge in [0.05, 0.1) is 14.2 Å². The Balaban J connectivity index is 1.91. The first-order valence-electron chi connectivity index (χ1n) is 6.32. The van der Waals surface area contributed by atoms with E-state index in [0.29, 0.717) is 0 Å². The van der Waals surface area contributed by atoms with E-state index < -0.39 is 6.29 Å². The van der Waals surface area contributed by atoms with Crippen molar-refractivity contribution in [3.63, 3.8) is 0 Å².